The van der Waals surface area contributed by atoms with Crippen molar-refractivity contribution in [2.45, 2.75) is 6.42 Å². The summed E-state index contributed by atoms with van der Waals surface area (Å²) in [6, 6.07) is 6.92. The Hall–Kier alpha value is -1.62. The maximum Gasteiger partial charge on any atom is 0.333 e. The molecular weight excluding hydrogens is 283 g/mol. The number of ether oxygens (including phenoxy) is 2. The van der Waals surface area contributed by atoms with Crippen molar-refractivity contribution in [3.8, 4) is 5.75 Å². The van der Waals surface area contributed by atoms with Crippen LogP contribution < -0.4 is 4.74 Å². The summed E-state index contributed by atoms with van der Waals surface area (Å²) in [5.74, 6) is 0.0752. The molecule has 0 spiro atoms. The van der Waals surface area contributed by atoms with Crippen LogP contribution in [0.4, 0.5) is 0 Å². The number of benzene rings is 1. The second kappa shape index (κ2) is 7.24. The molecule has 0 bridgehead atoms. The third kappa shape index (κ3) is 5.57. The average molecular weight is 300 g/mol. The van der Waals surface area contributed by atoms with Crippen molar-refractivity contribution in [1.29, 1.82) is 0 Å². The van der Waals surface area contributed by atoms with Crippen molar-refractivity contribution >= 4 is 19.6 Å². The monoisotopic (exact) mass is 300 g/mol. The van der Waals surface area contributed by atoms with Gasteiger partial charge in [0.2, 0.25) is 0 Å². The fourth-order valence-electron chi connectivity index (χ4n) is 1.53. The SMILES string of the molecule is COC(=O)/C(=C/c1ccc(OC)cc1)CCP(=O)(O)O. The molecule has 1 rings (SSSR count). The van der Waals surface area contributed by atoms with E-state index in [1.807, 2.05) is 0 Å². The Morgan fingerprint density at radius 1 is 1.25 bits per heavy atom. The molecule has 0 aromatic heterocycles. The van der Waals surface area contributed by atoms with Gasteiger partial charge in [-0.2, -0.15) is 0 Å². The number of esters is 1. The van der Waals surface area contributed by atoms with Gasteiger partial charge >= 0.3 is 13.6 Å². The quantitative estimate of drug-likeness (QED) is 0.473. The van der Waals surface area contributed by atoms with Gasteiger partial charge in [0.05, 0.1) is 20.4 Å². The van der Waals surface area contributed by atoms with Gasteiger partial charge in [-0.25, -0.2) is 4.79 Å². The van der Waals surface area contributed by atoms with Crippen LogP contribution in [-0.2, 0) is 14.1 Å². The Morgan fingerprint density at radius 2 is 1.85 bits per heavy atom. The fourth-order valence-corrected chi connectivity index (χ4v) is 2.06. The Labute approximate surface area is 117 Å². The van der Waals surface area contributed by atoms with Gasteiger partial charge in [-0.05, 0) is 30.2 Å². The Morgan fingerprint density at radius 3 is 2.30 bits per heavy atom. The van der Waals surface area contributed by atoms with Crippen molar-refractivity contribution in [3.05, 3.63) is 35.4 Å². The number of methoxy groups -OCH3 is 2. The van der Waals surface area contributed by atoms with E-state index in [1.165, 1.54) is 7.11 Å². The molecule has 1 aromatic rings. The molecule has 6 nitrogen and oxygen atoms in total. The van der Waals surface area contributed by atoms with Gasteiger partial charge in [0, 0.05) is 5.57 Å². The maximum absolute atomic E-state index is 11.6. The molecule has 0 saturated heterocycles. The number of hydrogen-bond donors (Lipinski definition) is 2. The smallest absolute Gasteiger partial charge is 0.333 e. The molecule has 0 aliphatic heterocycles. The number of rotatable bonds is 6. The molecule has 0 heterocycles. The zero-order valence-corrected chi connectivity index (χ0v) is 12.2. The van der Waals surface area contributed by atoms with Crippen LogP contribution >= 0.6 is 7.60 Å². The lowest BCUT2D eigenvalue weighted by Crippen LogP contribution is -2.06. The topological polar surface area (TPSA) is 93.1 Å². The Bertz CT molecular complexity index is 528. The maximum atomic E-state index is 11.6. The largest absolute Gasteiger partial charge is 0.497 e. The van der Waals surface area contributed by atoms with Gasteiger partial charge in [-0.1, -0.05) is 12.1 Å². The van der Waals surface area contributed by atoms with Crippen LogP contribution in [0.1, 0.15) is 12.0 Å². The van der Waals surface area contributed by atoms with Crippen LogP contribution in [0.5, 0.6) is 5.75 Å². The predicted molar refractivity (Wildman–Crippen MR) is 74.5 cm³/mol. The van der Waals surface area contributed by atoms with Gasteiger partial charge in [0.25, 0.3) is 0 Å². The van der Waals surface area contributed by atoms with E-state index in [0.717, 1.165) is 5.56 Å². The molecule has 20 heavy (non-hydrogen) atoms. The Balaban J connectivity index is 2.93. The third-order valence-electron chi connectivity index (χ3n) is 2.58. The molecule has 0 aliphatic rings. The predicted octanol–water partition coefficient (Wildman–Crippen LogP) is 1.82. The number of carbonyl (C=O) groups excluding carboxylic acids is 1. The van der Waals surface area contributed by atoms with Crippen molar-refractivity contribution in [1.82, 2.24) is 0 Å². The molecule has 0 saturated carbocycles. The van der Waals surface area contributed by atoms with E-state index in [1.54, 1.807) is 37.5 Å². The van der Waals surface area contributed by atoms with Gasteiger partial charge in [-0.3, -0.25) is 4.57 Å². The molecular formula is C13H17O6P. The average Bonchev–Trinajstić information content (AvgIpc) is 2.42. The first-order valence-corrected chi connectivity index (χ1v) is 7.63. The summed E-state index contributed by atoms with van der Waals surface area (Å²) >= 11 is 0. The first-order valence-electron chi connectivity index (χ1n) is 5.83. The molecule has 1 aromatic carbocycles. The molecule has 110 valence electrons. The minimum atomic E-state index is -4.16. The van der Waals surface area contributed by atoms with Gasteiger partial charge in [0.1, 0.15) is 5.75 Å². The lowest BCUT2D eigenvalue weighted by Gasteiger charge is -2.07. The third-order valence-corrected chi connectivity index (χ3v) is 3.38. The summed E-state index contributed by atoms with van der Waals surface area (Å²) in [7, 11) is -1.39. The lowest BCUT2D eigenvalue weighted by molar-refractivity contribution is -0.136. The summed E-state index contributed by atoms with van der Waals surface area (Å²) in [5.41, 5.74) is 0.929. The molecule has 0 unspecified atom stereocenters. The van der Waals surface area contributed by atoms with E-state index in [-0.39, 0.29) is 12.0 Å². The summed E-state index contributed by atoms with van der Waals surface area (Å²) in [6.07, 6.45) is 1.09. The highest BCUT2D eigenvalue weighted by Crippen LogP contribution is 2.36. The van der Waals surface area contributed by atoms with Crippen molar-refractivity contribution in [3.63, 3.8) is 0 Å². The van der Waals surface area contributed by atoms with E-state index < -0.39 is 19.7 Å². The van der Waals surface area contributed by atoms with Crippen LogP contribution in [0.15, 0.2) is 29.8 Å². The highest BCUT2D eigenvalue weighted by Gasteiger charge is 2.17. The van der Waals surface area contributed by atoms with E-state index >= 15 is 0 Å². The van der Waals surface area contributed by atoms with E-state index in [9.17, 15) is 9.36 Å². The summed E-state index contributed by atoms with van der Waals surface area (Å²) in [5, 5.41) is 0. The van der Waals surface area contributed by atoms with E-state index in [4.69, 9.17) is 14.5 Å². The summed E-state index contributed by atoms with van der Waals surface area (Å²) < 4.78 is 20.5. The highest BCUT2D eigenvalue weighted by atomic mass is 31.2. The zero-order chi connectivity index (χ0) is 15.2. The van der Waals surface area contributed by atoms with Gasteiger partial charge < -0.3 is 19.3 Å². The normalized spacial score (nSPS) is 12.1. The molecule has 2 N–H and O–H groups in total. The molecule has 0 atom stereocenters. The molecule has 0 amide bonds. The van der Waals surface area contributed by atoms with Crippen LogP contribution in [-0.4, -0.2) is 36.1 Å². The van der Waals surface area contributed by atoms with Crippen LogP contribution in [0.3, 0.4) is 0 Å². The molecule has 7 heteroatoms. The summed E-state index contributed by atoms with van der Waals surface area (Å²) in [4.78, 5) is 29.3. The van der Waals surface area contributed by atoms with E-state index in [0.29, 0.717) is 5.75 Å². The van der Waals surface area contributed by atoms with Crippen molar-refractivity contribution < 1.29 is 28.6 Å². The van der Waals surface area contributed by atoms with Crippen LogP contribution in [0.2, 0.25) is 0 Å². The van der Waals surface area contributed by atoms with Crippen LogP contribution in [0.25, 0.3) is 6.08 Å². The number of hydrogen-bond acceptors (Lipinski definition) is 4. The standard InChI is InChI=1S/C13H17O6P/c1-18-12-5-3-10(4-6-12)9-11(13(14)19-2)7-8-20(15,16)17/h3-6,9H,7-8H2,1-2H3,(H2,15,16,17)/b11-9+. The first-order chi connectivity index (χ1) is 9.35. The fraction of sp³-hybridized carbons (Fsp3) is 0.308. The van der Waals surface area contributed by atoms with Gasteiger partial charge in [-0.15, -0.1) is 0 Å². The number of carbonyl (C=O) groups is 1. The second-order valence-electron chi connectivity index (χ2n) is 4.07. The Kier molecular flexibility index (Phi) is 5.95. The molecule has 0 aliphatic carbocycles. The lowest BCUT2D eigenvalue weighted by atomic mass is 10.1. The zero-order valence-electron chi connectivity index (χ0n) is 11.3. The minimum absolute atomic E-state index is 0.0526. The minimum Gasteiger partial charge on any atom is -0.497 e. The molecule has 0 fully saturated rings. The molecule has 0 radical (unpaired) electrons. The van der Waals surface area contributed by atoms with E-state index in [2.05, 4.69) is 4.74 Å². The highest BCUT2D eigenvalue weighted by molar-refractivity contribution is 7.51. The first kappa shape index (κ1) is 16.4. The summed E-state index contributed by atoms with van der Waals surface area (Å²) in [6.45, 7) is 0. The van der Waals surface area contributed by atoms with Crippen molar-refractivity contribution in [2.24, 2.45) is 0 Å². The van der Waals surface area contributed by atoms with Crippen molar-refractivity contribution in [2.75, 3.05) is 20.4 Å². The second-order valence-corrected chi connectivity index (χ2v) is 5.85. The van der Waals surface area contributed by atoms with Gasteiger partial charge in [0.15, 0.2) is 0 Å². The van der Waals surface area contributed by atoms with Crippen LogP contribution in [0, 0.1) is 0 Å².